The van der Waals surface area contributed by atoms with E-state index < -0.39 is 18.1 Å². The number of amides is 1. The van der Waals surface area contributed by atoms with Gasteiger partial charge in [-0.05, 0) is 13.8 Å². The standard InChI is InChI=1S/C6H12N2O3S/c1-3(8-12)5(9)7-4(2)6(10)11/h3-4,8,12H,1-2H3,(H,7,9)(H,10,11)/t3-,4-/m0/s1. The zero-order valence-electron chi connectivity index (χ0n) is 6.87. The van der Waals surface area contributed by atoms with Crippen LogP contribution in [0.15, 0.2) is 0 Å². The number of rotatable bonds is 4. The van der Waals surface area contributed by atoms with Gasteiger partial charge in [0.1, 0.15) is 6.04 Å². The number of carbonyl (C=O) groups is 2. The molecule has 0 unspecified atom stereocenters. The van der Waals surface area contributed by atoms with Crippen molar-refractivity contribution in [1.29, 1.82) is 0 Å². The third-order valence-electron chi connectivity index (χ3n) is 1.32. The molecule has 0 aliphatic carbocycles. The zero-order chi connectivity index (χ0) is 9.72. The largest absolute Gasteiger partial charge is 0.480 e. The smallest absolute Gasteiger partial charge is 0.325 e. The van der Waals surface area contributed by atoms with Crippen molar-refractivity contribution < 1.29 is 14.7 Å². The van der Waals surface area contributed by atoms with Gasteiger partial charge in [0, 0.05) is 0 Å². The summed E-state index contributed by atoms with van der Waals surface area (Å²) >= 11 is 3.67. The van der Waals surface area contributed by atoms with Crippen LogP contribution in [0, 0.1) is 0 Å². The maximum absolute atomic E-state index is 11.0. The summed E-state index contributed by atoms with van der Waals surface area (Å²) in [6.45, 7) is 2.97. The third kappa shape index (κ3) is 3.59. The lowest BCUT2D eigenvalue weighted by molar-refractivity contribution is -0.141. The van der Waals surface area contributed by atoms with Crippen molar-refractivity contribution in [2.24, 2.45) is 0 Å². The molecule has 70 valence electrons. The first-order valence-corrected chi connectivity index (χ1v) is 3.86. The second kappa shape index (κ2) is 5.00. The molecule has 0 saturated carbocycles. The second-order valence-electron chi connectivity index (χ2n) is 2.42. The average Bonchev–Trinajstić information content (AvgIpc) is 2.02. The van der Waals surface area contributed by atoms with Crippen molar-refractivity contribution in [3.05, 3.63) is 0 Å². The molecule has 6 heteroatoms. The normalized spacial score (nSPS) is 14.9. The molecule has 0 rings (SSSR count). The predicted octanol–water partition coefficient (Wildman–Crippen LogP) is -0.601. The van der Waals surface area contributed by atoms with Crippen LogP contribution in [-0.4, -0.2) is 29.1 Å². The molecule has 0 heterocycles. The molecule has 0 spiro atoms. The maximum Gasteiger partial charge on any atom is 0.325 e. The summed E-state index contributed by atoms with van der Waals surface area (Å²) in [6.07, 6.45) is 0. The number of hydrogen-bond acceptors (Lipinski definition) is 4. The van der Waals surface area contributed by atoms with E-state index in [-0.39, 0.29) is 5.91 Å². The van der Waals surface area contributed by atoms with Crippen LogP contribution >= 0.6 is 12.8 Å². The first-order chi connectivity index (χ1) is 5.49. The van der Waals surface area contributed by atoms with E-state index in [0.29, 0.717) is 0 Å². The topological polar surface area (TPSA) is 78.4 Å². The predicted molar refractivity (Wildman–Crippen MR) is 46.8 cm³/mol. The summed E-state index contributed by atoms with van der Waals surface area (Å²) in [5, 5.41) is 10.7. The molecule has 5 nitrogen and oxygen atoms in total. The van der Waals surface area contributed by atoms with Crippen LogP contribution in [0.4, 0.5) is 0 Å². The SMILES string of the molecule is C[C@H](NC(=O)[C@H](C)NS)C(=O)O. The second-order valence-corrected chi connectivity index (χ2v) is 2.68. The Bertz CT molecular complexity index is 186. The molecule has 0 aliphatic rings. The van der Waals surface area contributed by atoms with Crippen molar-refractivity contribution in [3.63, 3.8) is 0 Å². The van der Waals surface area contributed by atoms with Crippen LogP contribution in [0.1, 0.15) is 13.8 Å². The highest BCUT2D eigenvalue weighted by molar-refractivity contribution is 7.78. The van der Waals surface area contributed by atoms with Gasteiger partial charge in [-0.3, -0.25) is 14.3 Å². The minimum Gasteiger partial charge on any atom is -0.480 e. The van der Waals surface area contributed by atoms with Gasteiger partial charge >= 0.3 is 5.97 Å². The summed E-state index contributed by atoms with van der Waals surface area (Å²) in [4.78, 5) is 21.3. The lowest BCUT2D eigenvalue weighted by Gasteiger charge is -2.12. The van der Waals surface area contributed by atoms with E-state index in [4.69, 9.17) is 5.11 Å². The summed E-state index contributed by atoms with van der Waals surface area (Å²) in [5.74, 6) is -1.45. The van der Waals surface area contributed by atoms with Crippen molar-refractivity contribution in [1.82, 2.24) is 10.0 Å². The first kappa shape index (κ1) is 11.2. The van der Waals surface area contributed by atoms with Crippen molar-refractivity contribution in [2.45, 2.75) is 25.9 Å². The molecule has 0 aliphatic heterocycles. The molecule has 1 amide bonds. The van der Waals surface area contributed by atoms with Crippen LogP contribution in [0.3, 0.4) is 0 Å². The molecule has 0 bridgehead atoms. The number of nitrogens with one attached hydrogen (secondary N) is 2. The molecule has 0 aromatic heterocycles. The molecule has 0 saturated heterocycles. The van der Waals surface area contributed by atoms with E-state index in [0.717, 1.165) is 0 Å². The van der Waals surface area contributed by atoms with Crippen molar-refractivity contribution in [3.8, 4) is 0 Å². The van der Waals surface area contributed by atoms with Gasteiger partial charge in [-0.15, -0.1) is 0 Å². The highest BCUT2D eigenvalue weighted by Gasteiger charge is 2.17. The van der Waals surface area contributed by atoms with Gasteiger partial charge in [0.15, 0.2) is 0 Å². The Hall–Kier alpha value is -0.750. The highest BCUT2D eigenvalue weighted by Crippen LogP contribution is 1.86. The van der Waals surface area contributed by atoms with E-state index in [9.17, 15) is 9.59 Å². The number of carboxylic acids is 1. The Morgan fingerprint density at radius 3 is 2.17 bits per heavy atom. The fourth-order valence-electron chi connectivity index (χ4n) is 0.459. The van der Waals surface area contributed by atoms with Gasteiger partial charge < -0.3 is 10.4 Å². The Balaban J connectivity index is 3.92. The number of aliphatic carboxylic acids is 1. The van der Waals surface area contributed by atoms with Crippen LogP contribution < -0.4 is 10.0 Å². The summed E-state index contributed by atoms with van der Waals surface area (Å²) in [5.41, 5.74) is 0. The van der Waals surface area contributed by atoms with Gasteiger partial charge in [0.05, 0.1) is 6.04 Å². The Morgan fingerprint density at radius 1 is 1.33 bits per heavy atom. The Morgan fingerprint density at radius 2 is 1.83 bits per heavy atom. The molecular formula is C6H12N2O3S. The fraction of sp³-hybridized carbons (Fsp3) is 0.667. The Labute approximate surface area is 76.1 Å². The first-order valence-electron chi connectivity index (χ1n) is 3.41. The van der Waals surface area contributed by atoms with Crippen LogP contribution in [0.25, 0.3) is 0 Å². The van der Waals surface area contributed by atoms with E-state index in [1.807, 2.05) is 0 Å². The molecule has 0 fully saturated rings. The van der Waals surface area contributed by atoms with Gasteiger partial charge in [-0.25, -0.2) is 0 Å². The number of hydrogen-bond donors (Lipinski definition) is 4. The van der Waals surface area contributed by atoms with E-state index in [1.165, 1.54) is 6.92 Å². The van der Waals surface area contributed by atoms with Gasteiger partial charge in [-0.1, -0.05) is 12.8 Å². The van der Waals surface area contributed by atoms with Crippen LogP contribution in [0.5, 0.6) is 0 Å². The summed E-state index contributed by atoms with van der Waals surface area (Å²) in [7, 11) is 0. The molecule has 0 radical (unpaired) electrons. The molecule has 3 N–H and O–H groups in total. The lowest BCUT2D eigenvalue weighted by Crippen LogP contribution is -2.45. The third-order valence-corrected chi connectivity index (χ3v) is 1.70. The van der Waals surface area contributed by atoms with Crippen molar-refractivity contribution in [2.75, 3.05) is 0 Å². The molecule has 2 atom stereocenters. The van der Waals surface area contributed by atoms with E-state index in [1.54, 1.807) is 6.92 Å². The monoisotopic (exact) mass is 192 g/mol. The minimum atomic E-state index is -1.06. The summed E-state index contributed by atoms with van der Waals surface area (Å²) in [6, 6.07) is -1.38. The van der Waals surface area contributed by atoms with E-state index in [2.05, 4.69) is 22.9 Å². The summed E-state index contributed by atoms with van der Waals surface area (Å²) < 4.78 is 2.40. The van der Waals surface area contributed by atoms with Gasteiger partial charge in [0.25, 0.3) is 0 Å². The molecule has 0 aromatic carbocycles. The number of carboxylic acid groups (broad SMARTS) is 1. The molecule has 12 heavy (non-hydrogen) atoms. The van der Waals surface area contributed by atoms with Crippen LogP contribution in [-0.2, 0) is 9.59 Å². The number of thiol groups is 1. The van der Waals surface area contributed by atoms with Crippen molar-refractivity contribution >= 4 is 24.7 Å². The zero-order valence-corrected chi connectivity index (χ0v) is 7.76. The van der Waals surface area contributed by atoms with Gasteiger partial charge in [0.2, 0.25) is 5.91 Å². The molecule has 0 aromatic rings. The number of carbonyl (C=O) groups excluding carboxylic acids is 1. The quantitative estimate of drug-likeness (QED) is 0.448. The molecular weight excluding hydrogens is 180 g/mol. The maximum atomic E-state index is 11.0. The Kier molecular flexibility index (Phi) is 4.68. The lowest BCUT2D eigenvalue weighted by atomic mass is 10.3. The highest BCUT2D eigenvalue weighted by atomic mass is 32.1. The average molecular weight is 192 g/mol. The van der Waals surface area contributed by atoms with Crippen LogP contribution in [0.2, 0.25) is 0 Å². The van der Waals surface area contributed by atoms with Gasteiger partial charge in [-0.2, -0.15) is 0 Å². The van der Waals surface area contributed by atoms with E-state index >= 15 is 0 Å². The fourth-order valence-corrected chi connectivity index (χ4v) is 0.576. The minimum absolute atomic E-state index is 0.389.